The van der Waals surface area contributed by atoms with Gasteiger partial charge in [0.2, 0.25) is 0 Å². The maximum Gasteiger partial charge on any atom is 0.305 e. The minimum Gasteiger partial charge on any atom is -0.466 e. The average molecular weight is 577 g/mol. The maximum absolute atomic E-state index is 11.9. The van der Waals surface area contributed by atoms with E-state index in [2.05, 4.69) is 26.0 Å². The number of carbonyl (C=O) groups excluding carboxylic acids is 1. The first-order valence-electron chi connectivity index (χ1n) is 19.1. The summed E-state index contributed by atoms with van der Waals surface area (Å²) in [4.78, 5) is 11.9. The third kappa shape index (κ3) is 37.2. The Kier molecular flexibility index (Phi) is 36.5. The summed E-state index contributed by atoms with van der Waals surface area (Å²) in [6, 6.07) is 0. The molecule has 0 aliphatic heterocycles. The lowest BCUT2D eigenvalue weighted by Crippen LogP contribution is -2.05. The van der Waals surface area contributed by atoms with Crippen LogP contribution < -0.4 is 0 Å². The van der Waals surface area contributed by atoms with Gasteiger partial charge in [-0.1, -0.05) is 193 Å². The summed E-state index contributed by atoms with van der Waals surface area (Å²) in [7, 11) is 0. The Morgan fingerprint density at radius 1 is 0.390 bits per heavy atom. The van der Waals surface area contributed by atoms with Crippen molar-refractivity contribution < 1.29 is 9.53 Å². The molecule has 0 aliphatic carbocycles. The van der Waals surface area contributed by atoms with Crippen molar-refractivity contribution in [1.82, 2.24) is 0 Å². The van der Waals surface area contributed by atoms with Gasteiger partial charge in [-0.15, -0.1) is 0 Å². The number of esters is 1. The summed E-state index contributed by atoms with van der Waals surface area (Å²) in [6.07, 6.45) is 48.6. The zero-order chi connectivity index (χ0) is 29.7. The molecule has 41 heavy (non-hydrogen) atoms. The van der Waals surface area contributed by atoms with Gasteiger partial charge in [0.05, 0.1) is 6.61 Å². The van der Waals surface area contributed by atoms with Crippen molar-refractivity contribution in [3.05, 3.63) is 12.2 Å². The number of ether oxygens (including phenoxy) is 1. The molecule has 0 heterocycles. The van der Waals surface area contributed by atoms with E-state index in [4.69, 9.17) is 4.74 Å². The van der Waals surface area contributed by atoms with Gasteiger partial charge < -0.3 is 4.74 Å². The molecule has 0 fully saturated rings. The second-order valence-electron chi connectivity index (χ2n) is 12.9. The first-order chi connectivity index (χ1) is 20.3. The third-order valence-corrected chi connectivity index (χ3v) is 8.65. The van der Waals surface area contributed by atoms with Gasteiger partial charge in [-0.3, -0.25) is 4.79 Å². The Morgan fingerprint density at radius 3 is 1.05 bits per heavy atom. The van der Waals surface area contributed by atoms with Gasteiger partial charge in [0.1, 0.15) is 0 Å². The van der Waals surface area contributed by atoms with Crippen molar-refractivity contribution >= 4 is 5.97 Å². The zero-order valence-corrected chi connectivity index (χ0v) is 28.5. The van der Waals surface area contributed by atoms with Gasteiger partial charge in [-0.2, -0.15) is 0 Å². The van der Waals surface area contributed by atoms with Crippen molar-refractivity contribution in [3.8, 4) is 0 Å². The molecule has 0 aromatic heterocycles. The van der Waals surface area contributed by atoms with E-state index in [9.17, 15) is 4.79 Å². The Bertz CT molecular complexity index is 512. The highest BCUT2D eigenvalue weighted by Gasteiger charge is 2.03. The van der Waals surface area contributed by atoms with Gasteiger partial charge >= 0.3 is 5.97 Å². The van der Waals surface area contributed by atoms with E-state index in [1.165, 1.54) is 193 Å². The van der Waals surface area contributed by atoms with Crippen molar-refractivity contribution in [2.24, 2.45) is 0 Å². The van der Waals surface area contributed by atoms with Crippen LogP contribution in [0.15, 0.2) is 12.2 Å². The molecule has 0 bridgehead atoms. The Hall–Kier alpha value is -0.790. The molecule has 0 spiro atoms. The molecule has 2 nitrogen and oxygen atoms in total. The third-order valence-electron chi connectivity index (χ3n) is 8.65. The largest absolute Gasteiger partial charge is 0.466 e. The minimum atomic E-state index is 0.0252. The van der Waals surface area contributed by atoms with Crippen molar-refractivity contribution in [1.29, 1.82) is 0 Å². The number of rotatable bonds is 35. The van der Waals surface area contributed by atoms with Gasteiger partial charge in [0, 0.05) is 6.42 Å². The van der Waals surface area contributed by atoms with E-state index in [0.29, 0.717) is 13.0 Å². The summed E-state index contributed by atoms with van der Waals surface area (Å²) in [5.41, 5.74) is 0. The van der Waals surface area contributed by atoms with Crippen LogP contribution in [0.1, 0.15) is 226 Å². The normalized spacial score (nSPS) is 11.6. The lowest BCUT2D eigenvalue weighted by atomic mass is 10.0. The zero-order valence-electron chi connectivity index (χ0n) is 28.5. The van der Waals surface area contributed by atoms with E-state index >= 15 is 0 Å². The Balaban J connectivity index is 3.17. The van der Waals surface area contributed by atoms with E-state index in [1.54, 1.807) is 0 Å². The number of unbranched alkanes of at least 4 members (excludes halogenated alkanes) is 29. The average Bonchev–Trinajstić information content (AvgIpc) is 2.98. The molecular formula is C39H76O2. The van der Waals surface area contributed by atoms with Crippen molar-refractivity contribution in [2.75, 3.05) is 6.61 Å². The van der Waals surface area contributed by atoms with E-state index in [1.807, 2.05) is 0 Å². The highest BCUT2D eigenvalue weighted by atomic mass is 16.5. The molecule has 0 unspecified atom stereocenters. The van der Waals surface area contributed by atoms with Gasteiger partial charge in [-0.25, -0.2) is 0 Å². The van der Waals surface area contributed by atoms with E-state index in [-0.39, 0.29) is 5.97 Å². The molecule has 244 valence electrons. The molecule has 0 N–H and O–H groups in total. The summed E-state index contributed by atoms with van der Waals surface area (Å²) in [5, 5.41) is 0. The molecule has 0 atom stereocenters. The highest BCUT2D eigenvalue weighted by molar-refractivity contribution is 5.69. The first kappa shape index (κ1) is 40.2. The van der Waals surface area contributed by atoms with Gasteiger partial charge in [0.15, 0.2) is 0 Å². The molecule has 0 rings (SSSR count). The second kappa shape index (κ2) is 37.2. The lowest BCUT2D eigenvalue weighted by Gasteiger charge is -2.06. The topological polar surface area (TPSA) is 26.3 Å². The van der Waals surface area contributed by atoms with E-state index < -0.39 is 0 Å². The standard InChI is InChI=1S/C39H76O2/c1-3-5-7-9-11-13-15-17-18-19-20-21-22-23-24-25-27-29-31-33-35-37-39(40)41-38-36-34-32-30-28-26-16-14-12-10-8-6-4-2/h17-18H,3-16,19-38H2,1-2H3/b18-17-. The van der Waals surface area contributed by atoms with Gasteiger partial charge in [0.25, 0.3) is 0 Å². The molecule has 0 aromatic rings. The number of hydrogen-bond acceptors (Lipinski definition) is 2. The predicted octanol–water partition coefficient (Wildman–Crippen LogP) is 14.0. The lowest BCUT2D eigenvalue weighted by molar-refractivity contribution is -0.143. The van der Waals surface area contributed by atoms with Crippen LogP contribution in [0.2, 0.25) is 0 Å². The Morgan fingerprint density at radius 2 is 0.683 bits per heavy atom. The molecule has 2 heteroatoms. The van der Waals surface area contributed by atoms with Crippen LogP contribution in [0.5, 0.6) is 0 Å². The summed E-state index contributed by atoms with van der Waals surface area (Å²) in [5.74, 6) is 0.0252. The molecular weight excluding hydrogens is 500 g/mol. The molecule has 0 amide bonds. The first-order valence-corrected chi connectivity index (χ1v) is 19.1. The quantitative estimate of drug-likeness (QED) is 0.0426. The van der Waals surface area contributed by atoms with Crippen LogP contribution in [0.3, 0.4) is 0 Å². The fraction of sp³-hybridized carbons (Fsp3) is 0.923. The van der Waals surface area contributed by atoms with Crippen LogP contribution >= 0.6 is 0 Å². The smallest absolute Gasteiger partial charge is 0.305 e. The van der Waals surface area contributed by atoms with Crippen LogP contribution in [-0.2, 0) is 9.53 Å². The summed E-state index contributed by atoms with van der Waals surface area (Å²) >= 11 is 0. The summed E-state index contributed by atoms with van der Waals surface area (Å²) < 4.78 is 5.44. The summed E-state index contributed by atoms with van der Waals surface area (Å²) in [6.45, 7) is 5.20. The molecule has 0 aliphatic rings. The molecule has 0 radical (unpaired) electrons. The van der Waals surface area contributed by atoms with Crippen molar-refractivity contribution in [3.63, 3.8) is 0 Å². The second-order valence-corrected chi connectivity index (χ2v) is 12.9. The number of hydrogen-bond donors (Lipinski definition) is 0. The van der Waals surface area contributed by atoms with Crippen molar-refractivity contribution in [2.45, 2.75) is 226 Å². The van der Waals surface area contributed by atoms with Crippen LogP contribution in [0.25, 0.3) is 0 Å². The highest BCUT2D eigenvalue weighted by Crippen LogP contribution is 2.15. The van der Waals surface area contributed by atoms with Gasteiger partial charge in [-0.05, 0) is 38.5 Å². The number of carbonyl (C=O) groups is 1. The molecule has 0 saturated heterocycles. The molecule has 0 aromatic carbocycles. The fourth-order valence-electron chi connectivity index (χ4n) is 5.78. The van der Waals surface area contributed by atoms with Crippen LogP contribution in [0, 0.1) is 0 Å². The number of allylic oxidation sites excluding steroid dienone is 2. The van der Waals surface area contributed by atoms with Crippen LogP contribution in [0.4, 0.5) is 0 Å². The fourth-order valence-corrected chi connectivity index (χ4v) is 5.78. The maximum atomic E-state index is 11.9. The monoisotopic (exact) mass is 577 g/mol. The Labute approximate surface area is 259 Å². The molecule has 0 saturated carbocycles. The predicted molar refractivity (Wildman–Crippen MR) is 184 cm³/mol. The SMILES string of the molecule is CCCCCCCC/C=C\CCCCCCCCCCCCCC(=O)OCCCCCCCCCCCCCCC. The van der Waals surface area contributed by atoms with Crippen LogP contribution in [-0.4, -0.2) is 12.6 Å². The minimum absolute atomic E-state index is 0.0252. The van der Waals surface area contributed by atoms with E-state index in [0.717, 1.165) is 12.8 Å².